The summed E-state index contributed by atoms with van der Waals surface area (Å²) in [5, 5.41) is 13.5. The number of hydrogen-bond acceptors (Lipinski definition) is 3. The van der Waals surface area contributed by atoms with Crippen molar-refractivity contribution in [2.45, 2.75) is 38.8 Å². The molecule has 2 aromatic rings. The number of nitrogens with zero attached hydrogens (tertiary/aromatic N) is 3. The van der Waals surface area contributed by atoms with Crippen LogP contribution in [-0.2, 0) is 4.79 Å². The predicted octanol–water partition coefficient (Wildman–Crippen LogP) is 2.40. The van der Waals surface area contributed by atoms with Crippen LogP contribution in [0.25, 0.3) is 5.69 Å². The predicted molar refractivity (Wildman–Crippen MR) is 84.5 cm³/mol. The van der Waals surface area contributed by atoms with Crippen molar-refractivity contribution in [3.05, 3.63) is 47.5 Å². The monoisotopic (exact) mass is 331 g/mol. The number of rotatable bonds is 5. The van der Waals surface area contributed by atoms with E-state index in [9.17, 15) is 19.1 Å². The van der Waals surface area contributed by atoms with Crippen molar-refractivity contribution in [2.24, 2.45) is 0 Å². The van der Waals surface area contributed by atoms with Gasteiger partial charge in [0.25, 0.3) is 5.91 Å². The Morgan fingerprint density at radius 2 is 2.08 bits per heavy atom. The third-order valence-electron chi connectivity index (χ3n) is 4.16. The van der Waals surface area contributed by atoms with Crippen molar-refractivity contribution in [1.29, 1.82) is 0 Å². The van der Waals surface area contributed by atoms with Crippen molar-refractivity contribution < 1.29 is 19.1 Å². The van der Waals surface area contributed by atoms with E-state index < -0.39 is 17.9 Å². The van der Waals surface area contributed by atoms with Gasteiger partial charge in [-0.15, -0.1) is 0 Å². The van der Waals surface area contributed by atoms with E-state index in [0.717, 1.165) is 12.8 Å². The summed E-state index contributed by atoms with van der Waals surface area (Å²) in [5.41, 5.74) is 1.54. The largest absolute Gasteiger partial charge is 0.480 e. The zero-order chi connectivity index (χ0) is 17.4. The molecular formula is C17H18FN3O3. The van der Waals surface area contributed by atoms with Crippen molar-refractivity contribution in [1.82, 2.24) is 14.7 Å². The standard InChI is InChI=1S/C17H18FN3O3/c1-10-9-12(18)3-6-15(10)20-8-7-14(19-20)16(22)21(13-4-5-13)11(2)17(23)24/h3,6-9,11,13H,4-5H2,1-2H3,(H,23,24). The molecule has 1 aromatic carbocycles. The van der Waals surface area contributed by atoms with Gasteiger partial charge in [-0.25, -0.2) is 13.9 Å². The number of carbonyl (C=O) groups is 2. The van der Waals surface area contributed by atoms with E-state index in [-0.39, 0.29) is 17.6 Å². The first kappa shape index (κ1) is 16.2. The SMILES string of the molecule is Cc1cc(F)ccc1-n1ccc(C(=O)N(C2CC2)C(C)C(=O)O)n1. The number of aromatic nitrogens is 2. The molecule has 0 bridgehead atoms. The fraction of sp³-hybridized carbons (Fsp3) is 0.353. The highest BCUT2D eigenvalue weighted by atomic mass is 19.1. The summed E-state index contributed by atoms with van der Waals surface area (Å²) >= 11 is 0. The van der Waals surface area contributed by atoms with Gasteiger partial charge < -0.3 is 10.0 Å². The van der Waals surface area contributed by atoms with E-state index in [4.69, 9.17) is 0 Å². The molecule has 3 rings (SSSR count). The van der Waals surface area contributed by atoms with Gasteiger partial charge in [0.1, 0.15) is 11.9 Å². The Morgan fingerprint density at radius 3 is 2.67 bits per heavy atom. The first-order valence-electron chi connectivity index (χ1n) is 7.76. The van der Waals surface area contributed by atoms with Crippen molar-refractivity contribution in [3.8, 4) is 5.69 Å². The zero-order valence-corrected chi connectivity index (χ0v) is 13.4. The van der Waals surface area contributed by atoms with Crippen LogP contribution in [-0.4, -0.2) is 43.7 Å². The molecule has 1 aliphatic carbocycles. The third kappa shape index (κ3) is 3.02. The molecule has 7 heteroatoms. The van der Waals surface area contributed by atoms with E-state index >= 15 is 0 Å². The van der Waals surface area contributed by atoms with Crippen LogP contribution in [0.4, 0.5) is 4.39 Å². The lowest BCUT2D eigenvalue weighted by atomic mass is 10.2. The van der Waals surface area contributed by atoms with Gasteiger partial charge in [0.05, 0.1) is 5.69 Å². The summed E-state index contributed by atoms with van der Waals surface area (Å²) in [4.78, 5) is 25.3. The van der Waals surface area contributed by atoms with Crippen LogP contribution in [0.2, 0.25) is 0 Å². The Hall–Kier alpha value is -2.70. The fourth-order valence-corrected chi connectivity index (χ4v) is 2.71. The van der Waals surface area contributed by atoms with Crippen molar-refractivity contribution >= 4 is 11.9 Å². The molecule has 1 aliphatic rings. The van der Waals surface area contributed by atoms with Crippen LogP contribution in [0, 0.1) is 12.7 Å². The second-order valence-electron chi connectivity index (χ2n) is 6.03. The third-order valence-corrected chi connectivity index (χ3v) is 4.16. The van der Waals surface area contributed by atoms with Gasteiger partial charge in [0, 0.05) is 12.2 Å². The highest BCUT2D eigenvalue weighted by molar-refractivity contribution is 5.95. The smallest absolute Gasteiger partial charge is 0.326 e. The molecule has 24 heavy (non-hydrogen) atoms. The first-order valence-corrected chi connectivity index (χ1v) is 7.76. The normalized spacial score (nSPS) is 15.1. The van der Waals surface area contributed by atoms with Crippen LogP contribution in [0.5, 0.6) is 0 Å². The van der Waals surface area contributed by atoms with E-state index in [0.29, 0.717) is 11.3 Å². The number of amides is 1. The molecule has 0 spiro atoms. The lowest BCUT2D eigenvalue weighted by Gasteiger charge is -2.25. The summed E-state index contributed by atoms with van der Waals surface area (Å²) in [7, 11) is 0. The Labute approximate surface area is 138 Å². The summed E-state index contributed by atoms with van der Waals surface area (Å²) < 4.78 is 14.7. The Balaban J connectivity index is 1.89. The Morgan fingerprint density at radius 1 is 1.38 bits per heavy atom. The van der Waals surface area contributed by atoms with Crippen LogP contribution >= 0.6 is 0 Å². The quantitative estimate of drug-likeness (QED) is 0.913. The molecule has 6 nitrogen and oxygen atoms in total. The number of benzene rings is 1. The number of halogens is 1. The lowest BCUT2D eigenvalue weighted by Crippen LogP contribution is -2.44. The second-order valence-corrected chi connectivity index (χ2v) is 6.03. The van der Waals surface area contributed by atoms with Gasteiger partial charge in [-0.2, -0.15) is 5.10 Å². The van der Waals surface area contributed by atoms with Gasteiger partial charge in [-0.1, -0.05) is 0 Å². The molecule has 126 valence electrons. The topological polar surface area (TPSA) is 75.4 Å². The molecule has 1 atom stereocenters. The first-order chi connectivity index (χ1) is 11.4. The fourth-order valence-electron chi connectivity index (χ4n) is 2.71. The second kappa shape index (κ2) is 6.07. The van der Waals surface area contributed by atoms with Crippen LogP contribution in [0.1, 0.15) is 35.8 Å². The number of carboxylic acids is 1. The number of aliphatic carboxylic acids is 1. The molecule has 1 unspecified atom stereocenters. The molecule has 1 aromatic heterocycles. The molecule has 0 aliphatic heterocycles. The van der Waals surface area contributed by atoms with Crippen molar-refractivity contribution in [2.75, 3.05) is 0 Å². The molecule has 0 saturated heterocycles. The van der Waals surface area contributed by atoms with Gasteiger partial charge in [0.2, 0.25) is 0 Å². The minimum atomic E-state index is -1.04. The average molecular weight is 331 g/mol. The summed E-state index contributed by atoms with van der Waals surface area (Å²) in [6, 6.07) is 4.92. The van der Waals surface area contributed by atoms with Crippen LogP contribution in [0.3, 0.4) is 0 Å². The van der Waals surface area contributed by atoms with E-state index in [1.807, 2.05) is 0 Å². The maximum Gasteiger partial charge on any atom is 0.326 e. The lowest BCUT2D eigenvalue weighted by molar-refractivity contribution is -0.141. The van der Waals surface area contributed by atoms with E-state index in [1.165, 1.54) is 28.6 Å². The molecule has 1 fully saturated rings. The maximum absolute atomic E-state index is 13.2. The van der Waals surface area contributed by atoms with E-state index in [2.05, 4.69) is 5.10 Å². The minimum absolute atomic E-state index is 0.0405. The van der Waals surface area contributed by atoms with Gasteiger partial charge >= 0.3 is 5.97 Å². The van der Waals surface area contributed by atoms with Crippen molar-refractivity contribution in [3.63, 3.8) is 0 Å². The van der Waals surface area contributed by atoms with Crippen LogP contribution < -0.4 is 0 Å². The number of hydrogen-bond donors (Lipinski definition) is 1. The summed E-state index contributed by atoms with van der Waals surface area (Å²) in [6.45, 7) is 3.25. The molecular weight excluding hydrogens is 313 g/mol. The zero-order valence-electron chi connectivity index (χ0n) is 13.4. The van der Waals surface area contributed by atoms with Gasteiger partial charge in [-0.3, -0.25) is 4.79 Å². The molecule has 1 amide bonds. The maximum atomic E-state index is 13.2. The minimum Gasteiger partial charge on any atom is -0.480 e. The highest BCUT2D eigenvalue weighted by Crippen LogP contribution is 2.30. The molecule has 1 N–H and O–H groups in total. The average Bonchev–Trinajstić information content (AvgIpc) is 3.23. The number of aryl methyl sites for hydroxylation is 1. The van der Waals surface area contributed by atoms with E-state index in [1.54, 1.807) is 25.3 Å². The molecule has 0 radical (unpaired) electrons. The van der Waals surface area contributed by atoms with Gasteiger partial charge in [-0.05, 0) is 56.5 Å². The summed E-state index contributed by atoms with van der Waals surface area (Å²) in [5.74, 6) is -1.77. The highest BCUT2D eigenvalue weighted by Gasteiger charge is 2.39. The Bertz CT molecular complexity index is 798. The molecule has 1 saturated carbocycles. The number of carbonyl (C=O) groups excluding carboxylic acids is 1. The van der Waals surface area contributed by atoms with Crippen LogP contribution in [0.15, 0.2) is 30.5 Å². The Kier molecular flexibility index (Phi) is 4.09. The molecule has 1 heterocycles. The van der Waals surface area contributed by atoms with Gasteiger partial charge in [0.15, 0.2) is 5.69 Å². The summed E-state index contributed by atoms with van der Waals surface area (Å²) in [6.07, 6.45) is 3.23. The number of carboxylic acid groups (broad SMARTS) is 1.